The number of fused-ring (bicyclic) bond motifs is 23. The van der Waals surface area contributed by atoms with E-state index in [0.717, 1.165) is 189 Å². The second kappa shape index (κ2) is 28.6. The summed E-state index contributed by atoms with van der Waals surface area (Å²) in [5.74, 6) is 1.46. The van der Waals surface area contributed by atoms with Gasteiger partial charge >= 0.3 is 0 Å². The van der Waals surface area contributed by atoms with Gasteiger partial charge in [0.25, 0.3) is 0 Å². The van der Waals surface area contributed by atoms with Crippen molar-refractivity contribution in [1.82, 2.24) is 0 Å². The first-order chi connectivity index (χ1) is 58.1. The Morgan fingerprint density at radius 3 is 0.975 bits per heavy atom. The molecule has 6 heterocycles. The van der Waals surface area contributed by atoms with Gasteiger partial charge in [-0.1, -0.05) is 192 Å². The van der Waals surface area contributed by atoms with E-state index in [4.69, 9.17) is 49.7 Å². The third kappa shape index (κ3) is 12.8. The van der Waals surface area contributed by atoms with Crippen LogP contribution in [0, 0.1) is 0 Å². The molecule has 0 aliphatic heterocycles. The van der Waals surface area contributed by atoms with Crippen LogP contribution in [0.25, 0.3) is 164 Å². The van der Waals surface area contributed by atoms with Crippen molar-refractivity contribution in [2.45, 2.75) is 72.1 Å². The van der Waals surface area contributed by atoms with Crippen molar-refractivity contribution in [3.63, 3.8) is 0 Å². The van der Waals surface area contributed by atoms with Crippen LogP contribution in [0.2, 0.25) is 10.0 Å². The minimum atomic E-state index is 0.433. The highest BCUT2D eigenvalue weighted by atomic mass is 35.5. The molecule has 0 bridgehead atoms. The maximum Gasteiger partial charge on any atom is 0.137 e. The van der Waals surface area contributed by atoms with Crippen LogP contribution in [0.15, 0.2) is 348 Å². The van der Waals surface area contributed by atoms with Crippen molar-refractivity contribution in [2.75, 3.05) is 9.80 Å². The molecule has 0 atom stereocenters. The Morgan fingerprint density at radius 2 is 0.538 bits per heavy atom. The van der Waals surface area contributed by atoms with Gasteiger partial charge in [-0.3, -0.25) is 0 Å². The minimum Gasteiger partial charge on any atom is -0.456 e. The Bertz CT molecular complexity index is 7890. The number of hydrogen-bond acceptors (Lipinski definition) is 8. The molecule has 0 unspecified atom stereocenters. The van der Waals surface area contributed by atoms with E-state index in [-0.39, 0.29) is 0 Å². The highest BCUT2D eigenvalue weighted by molar-refractivity contribution is 6.32. The predicted octanol–water partition coefficient (Wildman–Crippen LogP) is 33.5. The summed E-state index contributed by atoms with van der Waals surface area (Å²) in [6.07, 6.45) is 1.87. The van der Waals surface area contributed by atoms with E-state index in [9.17, 15) is 0 Å². The average Bonchev–Trinajstić information content (AvgIpc) is 1.33. The summed E-state index contributed by atoms with van der Waals surface area (Å²) in [5.41, 5.74) is 28.7. The molecule has 0 N–H and O–H groups in total. The number of furan rings is 6. The second-order valence-electron chi connectivity index (χ2n) is 32.8. The van der Waals surface area contributed by atoms with Crippen LogP contribution in [0.1, 0.15) is 98.2 Å². The van der Waals surface area contributed by atoms with Crippen molar-refractivity contribution >= 4 is 211 Å². The van der Waals surface area contributed by atoms with Crippen molar-refractivity contribution in [2.24, 2.45) is 0 Å². The van der Waals surface area contributed by atoms with Gasteiger partial charge in [-0.2, -0.15) is 0 Å². The minimum absolute atomic E-state index is 0.433. The van der Waals surface area contributed by atoms with E-state index in [1.807, 2.05) is 60.7 Å². The number of para-hydroxylation sites is 2. The molecule has 0 amide bonds. The maximum atomic E-state index is 6.80. The fourth-order valence-corrected chi connectivity index (χ4v) is 18.3. The van der Waals surface area contributed by atoms with E-state index in [2.05, 4.69) is 312 Å². The first kappa shape index (κ1) is 71.8. The summed E-state index contributed by atoms with van der Waals surface area (Å²) >= 11 is 12.2. The molecule has 8 nitrogen and oxygen atoms in total. The molecule has 119 heavy (non-hydrogen) atoms. The largest absolute Gasteiger partial charge is 0.456 e. The quantitative estimate of drug-likeness (QED) is 0.127. The monoisotopic (exact) mass is 1580 g/mol. The zero-order chi connectivity index (χ0) is 80.0. The molecule has 24 rings (SSSR count). The van der Waals surface area contributed by atoms with Crippen molar-refractivity contribution in [1.29, 1.82) is 0 Å². The van der Waals surface area contributed by atoms with E-state index in [0.29, 0.717) is 27.8 Å². The number of rotatable bonds is 11. The Kier molecular flexibility index (Phi) is 17.2. The van der Waals surface area contributed by atoms with Crippen LogP contribution >= 0.6 is 23.2 Å². The normalized spacial score (nSPS) is 12.3. The van der Waals surface area contributed by atoms with Gasteiger partial charge in [-0.25, -0.2) is 0 Å². The molecule has 23 aromatic rings. The molecule has 0 saturated carbocycles. The van der Waals surface area contributed by atoms with Gasteiger partial charge in [0.15, 0.2) is 0 Å². The van der Waals surface area contributed by atoms with Crippen LogP contribution in [0.3, 0.4) is 0 Å². The predicted molar refractivity (Wildman–Crippen MR) is 497 cm³/mol. The zero-order valence-corrected chi connectivity index (χ0v) is 67.9. The lowest BCUT2D eigenvalue weighted by Crippen LogP contribution is -2.10. The van der Waals surface area contributed by atoms with Gasteiger partial charge < -0.3 is 36.3 Å². The molecule has 6 aromatic heterocycles. The summed E-state index contributed by atoms with van der Waals surface area (Å²) in [5, 5.41) is 18.9. The first-order valence-electron chi connectivity index (χ1n) is 40.9. The van der Waals surface area contributed by atoms with Crippen LogP contribution in [-0.4, -0.2) is 0 Å². The van der Waals surface area contributed by atoms with E-state index in [1.54, 1.807) is 0 Å². The van der Waals surface area contributed by atoms with E-state index in [1.165, 1.54) is 60.8 Å². The fourth-order valence-electron chi connectivity index (χ4n) is 18.0. The highest BCUT2D eigenvalue weighted by Gasteiger charge is 2.25. The molecule has 10 heteroatoms. The SMILES string of the molecule is CC(C)c1ccc(Cc2ccc3c(c2)oc2ccccc23)cc1.CC(C)c1ccc(N(c2ccc3c(c2)Cc2ccccc2-3)c2ccc3c(c2)oc2cc4cc5c(cc4cc23)oc2cc(N(c3ccc(C(C)C)cc3)c3ccc4c(c3)oc3ccccc34)ccc25)cc1.Clc1ccc2c(c1)oc1cc3cc4c(cc3cc12)oc1cc(Cl)ccc14. The van der Waals surface area contributed by atoms with Crippen molar-refractivity contribution in [3.8, 4) is 11.1 Å². The Morgan fingerprint density at radius 1 is 0.235 bits per heavy atom. The summed E-state index contributed by atoms with van der Waals surface area (Å²) < 4.78 is 38.0. The number of halogens is 2. The third-order valence-electron chi connectivity index (χ3n) is 24.2. The van der Waals surface area contributed by atoms with Crippen molar-refractivity contribution in [3.05, 3.63) is 371 Å². The first-order valence-corrected chi connectivity index (χ1v) is 41.7. The summed E-state index contributed by atoms with van der Waals surface area (Å²) in [7, 11) is 0. The van der Waals surface area contributed by atoms with Gasteiger partial charge in [0.05, 0.1) is 0 Å². The molecule has 1 aliphatic carbocycles. The lowest BCUT2D eigenvalue weighted by molar-refractivity contribution is 0.668. The van der Waals surface area contributed by atoms with Crippen LogP contribution in [0.4, 0.5) is 34.1 Å². The lowest BCUT2D eigenvalue weighted by Gasteiger charge is -2.26. The van der Waals surface area contributed by atoms with Gasteiger partial charge in [0.2, 0.25) is 0 Å². The molecule has 574 valence electrons. The second-order valence-corrected chi connectivity index (χ2v) is 33.6. The summed E-state index contributed by atoms with van der Waals surface area (Å²) in [4.78, 5) is 4.65. The Hall–Kier alpha value is -13.8. The van der Waals surface area contributed by atoms with Crippen LogP contribution < -0.4 is 9.80 Å². The molecular formula is C109H78Cl2N2O6. The lowest BCUT2D eigenvalue weighted by atomic mass is 9.98. The highest BCUT2D eigenvalue weighted by Crippen LogP contribution is 2.48. The van der Waals surface area contributed by atoms with Crippen LogP contribution in [-0.2, 0) is 12.8 Å². The topological polar surface area (TPSA) is 85.3 Å². The third-order valence-corrected chi connectivity index (χ3v) is 24.7. The van der Waals surface area contributed by atoms with E-state index >= 15 is 0 Å². The van der Waals surface area contributed by atoms with Gasteiger partial charge in [0.1, 0.15) is 67.0 Å². The van der Waals surface area contributed by atoms with E-state index < -0.39 is 0 Å². The molecular weight excluding hydrogens is 1500 g/mol. The molecule has 0 spiro atoms. The molecule has 0 fully saturated rings. The number of hydrogen-bond donors (Lipinski definition) is 0. The number of nitrogens with zero attached hydrogens (tertiary/aromatic N) is 2. The fraction of sp³-hybridized carbons (Fsp3) is 0.101. The zero-order valence-electron chi connectivity index (χ0n) is 66.3. The van der Waals surface area contributed by atoms with Gasteiger partial charge in [0, 0.05) is 139 Å². The maximum absolute atomic E-state index is 6.80. The molecule has 0 radical (unpaired) electrons. The summed E-state index contributed by atoms with van der Waals surface area (Å²) in [6, 6.07) is 114. The average molecular weight is 1580 g/mol. The molecule has 17 aromatic carbocycles. The Labute approximate surface area is 695 Å². The van der Waals surface area contributed by atoms with Gasteiger partial charge in [-0.15, -0.1) is 0 Å². The summed E-state index contributed by atoms with van der Waals surface area (Å²) in [6.45, 7) is 13.4. The van der Waals surface area contributed by atoms with Crippen LogP contribution in [0.5, 0.6) is 0 Å². The standard InChI is InChI=1S/C65H48N2O3.C22H10Cl2O2.C22H20O/c1-38(2)40-13-17-46(18-14-40)66(48-21-25-53-45(30-48)29-42-9-5-6-10-52(42)53)49-23-27-56-58-31-43-34-62-59(32-44(43)33-61(58)69-64(56)36-49)57-28-24-51(37-65(57)70-62)67(47-19-15-41(16-20-47)39(3)4)50-22-26-55-54-11-7-8-12-60(54)68-63(55)35-50;23-13-1-3-15-17-5-11-8-20-18(16-4-2-14(24)10-22(16)26-20)6-12(11)7-19(17)25-21(15)9-13;1-15(2)18-10-7-16(8-11-18)13-17-9-12-20-19-5-3-4-6-21(19)23-22(20)14-17/h5-28,30-39H,29H2,1-4H3;1-10H;3-12,14-15H,13H2,1-2H3. The molecule has 1 aliphatic rings. The number of anilines is 6. The number of benzene rings is 17. The van der Waals surface area contributed by atoms with Gasteiger partial charge in [-0.05, 0) is 266 Å². The smallest absolute Gasteiger partial charge is 0.137 e. The molecule has 0 saturated heterocycles. The Balaban J connectivity index is 0.000000140. The van der Waals surface area contributed by atoms with Crippen molar-refractivity contribution < 1.29 is 26.5 Å².